The molecule has 1 atom stereocenters. The van der Waals surface area contributed by atoms with Gasteiger partial charge in [-0.3, -0.25) is 9.59 Å². The Bertz CT molecular complexity index is 401. The number of hydrogen-bond donors (Lipinski definition) is 2. The molecule has 1 heterocycles. The van der Waals surface area contributed by atoms with Gasteiger partial charge in [-0.15, -0.1) is 0 Å². The Labute approximate surface area is 120 Å². The van der Waals surface area contributed by atoms with Crippen LogP contribution in [0.15, 0.2) is 22.8 Å². The van der Waals surface area contributed by atoms with E-state index in [2.05, 4.69) is 17.6 Å². The molecule has 0 aliphatic rings. The molecule has 0 bridgehead atoms. The molecule has 1 rings (SSSR count). The lowest BCUT2D eigenvalue weighted by Gasteiger charge is -2.13. The molecule has 2 amide bonds. The van der Waals surface area contributed by atoms with E-state index in [1.54, 1.807) is 12.1 Å². The lowest BCUT2D eigenvalue weighted by Crippen LogP contribution is -2.35. The second kappa shape index (κ2) is 9.18. The Hall–Kier alpha value is -1.78. The molecular formula is C15H24N2O3. The van der Waals surface area contributed by atoms with Crippen LogP contribution < -0.4 is 10.6 Å². The monoisotopic (exact) mass is 280 g/mol. The van der Waals surface area contributed by atoms with E-state index in [0.29, 0.717) is 6.54 Å². The third kappa shape index (κ3) is 6.41. The first-order valence-electron chi connectivity index (χ1n) is 7.24. The SMILES string of the molecule is CCCCCC(C)NC(=O)CCNC(=O)c1ccco1. The maximum absolute atomic E-state index is 11.7. The standard InChI is InChI=1S/C15H24N2O3/c1-3-4-5-7-12(2)17-14(18)9-10-16-15(19)13-8-6-11-20-13/h6,8,11-12H,3-5,7,9-10H2,1-2H3,(H,16,19)(H,17,18). The van der Waals surface area contributed by atoms with Crippen molar-refractivity contribution in [1.29, 1.82) is 0 Å². The van der Waals surface area contributed by atoms with Gasteiger partial charge < -0.3 is 15.1 Å². The molecule has 5 heteroatoms. The molecule has 0 aliphatic carbocycles. The molecule has 0 aliphatic heterocycles. The number of unbranched alkanes of at least 4 members (excludes halogenated alkanes) is 2. The van der Waals surface area contributed by atoms with Crippen LogP contribution >= 0.6 is 0 Å². The van der Waals surface area contributed by atoms with E-state index in [9.17, 15) is 9.59 Å². The van der Waals surface area contributed by atoms with Gasteiger partial charge in [0.1, 0.15) is 0 Å². The van der Waals surface area contributed by atoms with E-state index in [-0.39, 0.29) is 30.0 Å². The summed E-state index contributed by atoms with van der Waals surface area (Å²) in [7, 11) is 0. The van der Waals surface area contributed by atoms with Crippen LogP contribution in [-0.2, 0) is 4.79 Å². The Morgan fingerprint density at radius 2 is 2.15 bits per heavy atom. The van der Waals surface area contributed by atoms with Gasteiger partial charge in [0.05, 0.1) is 6.26 Å². The zero-order valence-electron chi connectivity index (χ0n) is 12.3. The van der Waals surface area contributed by atoms with Crippen LogP contribution in [0.25, 0.3) is 0 Å². The van der Waals surface area contributed by atoms with Crippen LogP contribution in [0, 0.1) is 0 Å². The number of hydrogen-bond acceptors (Lipinski definition) is 3. The highest BCUT2D eigenvalue weighted by Gasteiger charge is 2.10. The van der Waals surface area contributed by atoms with Gasteiger partial charge in [-0.1, -0.05) is 26.2 Å². The van der Waals surface area contributed by atoms with Gasteiger partial charge in [-0.05, 0) is 25.5 Å². The Morgan fingerprint density at radius 1 is 1.35 bits per heavy atom. The smallest absolute Gasteiger partial charge is 0.286 e. The predicted molar refractivity (Wildman–Crippen MR) is 77.4 cm³/mol. The maximum Gasteiger partial charge on any atom is 0.286 e. The summed E-state index contributed by atoms with van der Waals surface area (Å²) in [4.78, 5) is 23.2. The highest BCUT2D eigenvalue weighted by Crippen LogP contribution is 2.03. The van der Waals surface area contributed by atoms with Crippen molar-refractivity contribution in [2.45, 2.75) is 52.0 Å². The van der Waals surface area contributed by atoms with Crippen molar-refractivity contribution in [1.82, 2.24) is 10.6 Å². The molecule has 112 valence electrons. The molecule has 0 spiro atoms. The summed E-state index contributed by atoms with van der Waals surface area (Å²) >= 11 is 0. The van der Waals surface area contributed by atoms with Crippen molar-refractivity contribution in [3.63, 3.8) is 0 Å². The van der Waals surface area contributed by atoms with E-state index in [4.69, 9.17) is 4.42 Å². The van der Waals surface area contributed by atoms with Gasteiger partial charge in [-0.25, -0.2) is 0 Å². The summed E-state index contributed by atoms with van der Waals surface area (Å²) in [5.41, 5.74) is 0. The summed E-state index contributed by atoms with van der Waals surface area (Å²) in [6, 6.07) is 3.43. The second-order valence-electron chi connectivity index (χ2n) is 4.95. The van der Waals surface area contributed by atoms with Gasteiger partial charge in [0.25, 0.3) is 5.91 Å². The largest absolute Gasteiger partial charge is 0.459 e. The Kier molecular flexibility index (Phi) is 7.47. The van der Waals surface area contributed by atoms with E-state index in [1.165, 1.54) is 19.1 Å². The van der Waals surface area contributed by atoms with Crippen LogP contribution in [0.2, 0.25) is 0 Å². The molecule has 0 aromatic carbocycles. The average Bonchev–Trinajstić information content (AvgIpc) is 2.92. The minimum absolute atomic E-state index is 0.0336. The number of carbonyl (C=O) groups is 2. The Morgan fingerprint density at radius 3 is 2.80 bits per heavy atom. The van der Waals surface area contributed by atoms with Crippen molar-refractivity contribution in [3.8, 4) is 0 Å². The molecule has 0 fully saturated rings. The van der Waals surface area contributed by atoms with Gasteiger partial charge in [0.2, 0.25) is 5.91 Å². The van der Waals surface area contributed by atoms with E-state index in [1.807, 2.05) is 6.92 Å². The zero-order chi connectivity index (χ0) is 14.8. The van der Waals surface area contributed by atoms with Crippen LogP contribution in [-0.4, -0.2) is 24.4 Å². The average molecular weight is 280 g/mol. The highest BCUT2D eigenvalue weighted by molar-refractivity contribution is 5.91. The molecule has 20 heavy (non-hydrogen) atoms. The third-order valence-electron chi connectivity index (χ3n) is 3.03. The molecule has 0 saturated heterocycles. The summed E-state index contributed by atoms with van der Waals surface area (Å²) in [6.45, 7) is 4.48. The van der Waals surface area contributed by atoms with Gasteiger partial charge in [0, 0.05) is 19.0 Å². The molecular weight excluding hydrogens is 256 g/mol. The molecule has 2 N–H and O–H groups in total. The molecule has 1 aromatic heterocycles. The fraction of sp³-hybridized carbons (Fsp3) is 0.600. The lowest BCUT2D eigenvalue weighted by molar-refractivity contribution is -0.121. The number of carbonyl (C=O) groups excluding carboxylic acids is 2. The van der Waals surface area contributed by atoms with Crippen molar-refractivity contribution in [2.24, 2.45) is 0 Å². The summed E-state index contributed by atoms with van der Waals surface area (Å²) in [6.07, 6.45) is 6.23. The van der Waals surface area contributed by atoms with E-state index < -0.39 is 0 Å². The van der Waals surface area contributed by atoms with E-state index in [0.717, 1.165) is 12.8 Å². The molecule has 1 aromatic rings. The predicted octanol–water partition coefficient (Wildman–Crippen LogP) is 2.48. The third-order valence-corrected chi connectivity index (χ3v) is 3.03. The number of rotatable bonds is 9. The van der Waals surface area contributed by atoms with E-state index >= 15 is 0 Å². The van der Waals surface area contributed by atoms with Gasteiger partial charge >= 0.3 is 0 Å². The van der Waals surface area contributed by atoms with Crippen LogP contribution in [0.1, 0.15) is 56.5 Å². The first-order valence-corrected chi connectivity index (χ1v) is 7.24. The molecule has 1 unspecified atom stereocenters. The fourth-order valence-corrected chi connectivity index (χ4v) is 1.90. The van der Waals surface area contributed by atoms with Crippen molar-refractivity contribution in [2.75, 3.05) is 6.54 Å². The van der Waals surface area contributed by atoms with Crippen LogP contribution in [0.5, 0.6) is 0 Å². The summed E-state index contributed by atoms with van der Waals surface area (Å²) in [5.74, 6) is -0.0640. The normalized spacial score (nSPS) is 11.9. The summed E-state index contributed by atoms with van der Waals surface area (Å²) in [5, 5.41) is 5.58. The topological polar surface area (TPSA) is 71.3 Å². The quantitative estimate of drug-likeness (QED) is 0.683. The van der Waals surface area contributed by atoms with Crippen molar-refractivity contribution < 1.29 is 14.0 Å². The first kappa shape index (κ1) is 16.3. The molecule has 0 radical (unpaired) electrons. The van der Waals surface area contributed by atoms with Crippen molar-refractivity contribution >= 4 is 11.8 Å². The number of amides is 2. The Balaban J connectivity index is 2.12. The maximum atomic E-state index is 11.7. The van der Waals surface area contributed by atoms with Gasteiger partial charge in [-0.2, -0.15) is 0 Å². The minimum atomic E-state index is -0.293. The van der Waals surface area contributed by atoms with Crippen molar-refractivity contribution in [3.05, 3.63) is 24.2 Å². The fourth-order valence-electron chi connectivity index (χ4n) is 1.90. The minimum Gasteiger partial charge on any atom is -0.459 e. The summed E-state index contributed by atoms with van der Waals surface area (Å²) < 4.78 is 4.96. The van der Waals surface area contributed by atoms with Crippen LogP contribution in [0.3, 0.4) is 0 Å². The zero-order valence-corrected chi connectivity index (χ0v) is 12.3. The lowest BCUT2D eigenvalue weighted by atomic mass is 10.1. The molecule has 0 saturated carbocycles. The number of furan rings is 1. The second-order valence-corrected chi connectivity index (χ2v) is 4.95. The number of nitrogens with one attached hydrogen (secondary N) is 2. The van der Waals surface area contributed by atoms with Gasteiger partial charge in [0.15, 0.2) is 5.76 Å². The van der Waals surface area contributed by atoms with Crippen LogP contribution in [0.4, 0.5) is 0 Å². The first-order chi connectivity index (χ1) is 9.63. The molecule has 5 nitrogen and oxygen atoms in total. The highest BCUT2D eigenvalue weighted by atomic mass is 16.3.